The van der Waals surface area contributed by atoms with Gasteiger partial charge in [-0.3, -0.25) is 4.90 Å². The smallest absolute Gasteiger partial charge is 0.357 e. The Morgan fingerprint density at radius 1 is 1.19 bits per heavy atom. The Bertz CT molecular complexity index is 773. The van der Waals surface area contributed by atoms with Crippen molar-refractivity contribution in [2.75, 3.05) is 24.5 Å². The predicted octanol–water partition coefficient (Wildman–Crippen LogP) is 3.14. The van der Waals surface area contributed by atoms with Crippen molar-refractivity contribution in [3.63, 3.8) is 0 Å². The normalized spacial score (nSPS) is 18.4. The average Bonchev–Trinajstić information content (AvgIpc) is 2.61. The van der Waals surface area contributed by atoms with E-state index in [4.69, 9.17) is 4.74 Å². The van der Waals surface area contributed by atoms with Crippen LogP contribution in [-0.4, -0.2) is 52.1 Å². The number of hydrogen-bond donors (Lipinski definition) is 0. The van der Waals surface area contributed by atoms with E-state index in [0.717, 1.165) is 26.2 Å². The minimum atomic E-state index is -0.543. The number of esters is 1. The molecular formula is C21H28N4O2. The van der Waals surface area contributed by atoms with Gasteiger partial charge in [0.05, 0.1) is 0 Å². The minimum Gasteiger partial charge on any atom is -0.455 e. The Morgan fingerprint density at radius 3 is 2.59 bits per heavy atom. The average molecular weight is 368 g/mol. The Balaban J connectivity index is 1.65. The van der Waals surface area contributed by atoms with E-state index in [1.807, 2.05) is 26.8 Å². The van der Waals surface area contributed by atoms with E-state index in [9.17, 15) is 4.79 Å². The van der Waals surface area contributed by atoms with Crippen LogP contribution < -0.4 is 4.90 Å². The summed E-state index contributed by atoms with van der Waals surface area (Å²) in [7, 11) is 0. The van der Waals surface area contributed by atoms with Crippen LogP contribution >= 0.6 is 0 Å². The molecule has 2 aromatic rings. The van der Waals surface area contributed by atoms with Crippen LogP contribution in [0.25, 0.3) is 0 Å². The molecule has 0 N–H and O–H groups in total. The van der Waals surface area contributed by atoms with E-state index in [-0.39, 0.29) is 6.04 Å². The number of aromatic nitrogens is 2. The Kier molecular flexibility index (Phi) is 5.75. The molecule has 0 bridgehead atoms. The summed E-state index contributed by atoms with van der Waals surface area (Å²) in [6, 6.07) is 12.4. The lowest BCUT2D eigenvalue weighted by atomic mass is 10.1. The molecule has 1 aromatic carbocycles. The standard InChI is InChI=1S/C21H28N4O2/c1-16-14-24(15-17-8-6-5-7-9-17)12-13-25(16)20-22-11-10-18(23-20)19(26)27-21(2,3)4/h5-11,16H,12-15H2,1-4H3. The van der Waals surface area contributed by atoms with Crippen molar-refractivity contribution in [2.45, 2.75) is 45.9 Å². The molecular weight excluding hydrogens is 340 g/mol. The van der Waals surface area contributed by atoms with Crippen LogP contribution in [0.15, 0.2) is 42.6 Å². The van der Waals surface area contributed by atoms with Gasteiger partial charge in [-0.1, -0.05) is 30.3 Å². The zero-order chi connectivity index (χ0) is 19.4. The fraction of sp³-hybridized carbons (Fsp3) is 0.476. The minimum absolute atomic E-state index is 0.261. The first-order valence-electron chi connectivity index (χ1n) is 9.41. The summed E-state index contributed by atoms with van der Waals surface area (Å²) in [4.78, 5) is 25.7. The zero-order valence-electron chi connectivity index (χ0n) is 16.6. The van der Waals surface area contributed by atoms with Crippen LogP contribution in [0.4, 0.5) is 5.95 Å². The van der Waals surface area contributed by atoms with Crippen molar-refractivity contribution < 1.29 is 9.53 Å². The van der Waals surface area contributed by atoms with Crippen molar-refractivity contribution >= 4 is 11.9 Å². The van der Waals surface area contributed by atoms with Crippen LogP contribution in [0, 0.1) is 0 Å². The molecule has 6 nitrogen and oxygen atoms in total. The van der Waals surface area contributed by atoms with E-state index in [1.165, 1.54) is 5.56 Å². The zero-order valence-corrected chi connectivity index (χ0v) is 16.6. The fourth-order valence-electron chi connectivity index (χ4n) is 3.25. The molecule has 1 atom stereocenters. The highest BCUT2D eigenvalue weighted by atomic mass is 16.6. The van der Waals surface area contributed by atoms with Gasteiger partial charge >= 0.3 is 5.97 Å². The number of hydrogen-bond acceptors (Lipinski definition) is 6. The second kappa shape index (κ2) is 8.05. The van der Waals surface area contributed by atoms with Gasteiger partial charge in [-0.05, 0) is 39.3 Å². The summed E-state index contributed by atoms with van der Waals surface area (Å²) in [5, 5.41) is 0. The molecule has 1 unspecified atom stereocenters. The highest BCUT2D eigenvalue weighted by Gasteiger charge is 2.27. The number of nitrogens with zero attached hydrogens (tertiary/aromatic N) is 4. The van der Waals surface area contributed by atoms with Crippen LogP contribution in [-0.2, 0) is 11.3 Å². The van der Waals surface area contributed by atoms with Crippen LogP contribution in [0.2, 0.25) is 0 Å². The summed E-state index contributed by atoms with van der Waals surface area (Å²) >= 11 is 0. The molecule has 0 saturated carbocycles. The first-order chi connectivity index (χ1) is 12.8. The Hall–Kier alpha value is -2.47. The topological polar surface area (TPSA) is 58.6 Å². The highest BCUT2D eigenvalue weighted by molar-refractivity contribution is 5.87. The Morgan fingerprint density at radius 2 is 1.93 bits per heavy atom. The maximum Gasteiger partial charge on any atom is 0.357 e. The van der Waals surface area contributed by atoms with Gasteiger partial charge in [-0.2, -0.15) is 0 Å². The van der Waals surface area contributed by atoms with E-state index in [1.54, 1.807) is 12.3 Å². The largest absolute Gasteiger partial charge is 0.455 e. The molecule has 0 spiro atoms. The molecule has 0 radical (unpaired) electrons. The number of carbonyl (C=O) groups excluding carboxylic acids is 1. The van der Waals surface area contributed by atoms with E-state index >= 15 is 0 Å². The van der Waals surface area contributed by atoms with Crippen molar-refractivity contribution in [2.24, 2.45) is 0 Å². The maximum atomic E-state index is 12.3. The SMILES string of the molecule is CC1CN(Cc2ccccc2)CCN1c1nccc(C(=O)OC(C)(C)C)n1. The molecule has 144 valence electrons. The van der Waals surface area contributed by atoms with Crippen LogP contribution in [0.3, 0.4) is 0 Å². The van der Waals surface area contributed by atoms with Gasteiger partial charge in [-0.15, -0.1) is 0 Å². The molecule has 27 heavy (non-hydrogen) atoms. The molecule has 0 amide bonds. The van der Waals surface area contributed by atoms with Gasteiger partial charge in [0.1, 0.15) is 5.60 Å². The highest BCUT2D eigenvalue weighted by Crippen LogP contribution is 2.19. The van der Waals surface area contributed by atoms with Crippen molar-refractivity contribution in [1.82, 2.24) is 14.9 Å². The van der Waals surface area contributed by atoms with Gasteiger partial charge < -0.3 is 9.64 Å². The summed E-state index contributed by atoms with van der Waals surface area (Å²) in [6.07, 6.45) is 1.63. The number of ether oxygens (including phenoxy) is 1. The van der Waals surface area contributed by atoms with E-state index < -0.39 is 11.6 Å². The Labute approximate surface area is 161 Å². The van der Waals surface area contributed by atoms with Crippen molar-refractivity contribution in [1.29, 1.82) is 0 Å². The fourth-order valence-corrected chi connectivity index (χ4v) is 3.25. The second-order valence-corrected chi connectivity index (χ2v) is 8.01. The van der Waals surface area contributed by atoms with Crippen molar-refractivity contribution in [3.8, 4) is 0 Å². The quantitative estimate of drug-likeness (QED) is 0.773. The third kappa shape index (κ3) is 5.26. The molecule has 1 aliphatic rings. The number of benzene rings is 1. The van der Waals surface area contributed by atoms with E-state index in [2.05, 4.69) is 51.0 Å². The van der Waals surface area contributed by atoms with E-state index in [0.29, 0.717) is 11.6 Å². The lowest BCUT2D eigenvalue weighted by Gasteiger charge is -2.40. The molecule has 6 heteroatoms. The lowest BCUT2D eigenvalue weighted by molar-refractivity contribution is 0.00626. The summed E-state index contributed by atoms with van der Waals surface area (Å²) in [6.45, 7) is 11.3. The molecule has 2 heterocycles. The molecule has 1 fully saturated rings. The number of anilines is 1. The van der Waals surface area contributed by atoms with Gasteiger partial charge in [0.2, 0.25) is 5.95 Å². The molecule has 0 aliphatic carbocycles. The number of rotatable bonds is 4. The second-order valence-electron chi connectivity index (χ2n) is 8.01. The van der Waals surface area contributed by atoms with Gasteiger partial charge in [0.15, 0.2) is 5.69 Å². The first-order valence-corrected chi connectivity index (χ1v) is 9.41. The van der Waals surface area contributed by atoms with Crippen LogP contribution in [0.1, 0.15) is 43.7 Å². The molecule has 3 rings (SSSR count). The third-order valence-electron chi connectivity index (χ3n) is 4.47. The lowest BCUT2D eigenvalue weighted by Crippen LogP contribution is -2.52. The van der Waals surface area contributed by atoms with Crippen molar-refractivity contribution in [3.05, 3.63) is 53.9 Å². The summed E-state index contributed by atoms with van der Waals surface area (Å²) < 4.78 is 5.42. The van der Waals surface area contributed by atoms with Crippen LogP contribution in [0.5, 0.6) is 0 Å². The van der Waals surface area contributed by atoms with Gasteiger partial charge in [-0.25, -0.2) is 14.8 Å². The first kappa shape index (κ1) is 19.3. The van der Waals surface area contributed by atoms with Gasteiger partial charge in [0, 0.05) is 38.4 Å². The molecule has 1 aliphatic heterocycles. The summed E-state index contributed by atoms with van der Waals surface area (Å²) in [5.74, 6) is 0.173. The molecule has 1 aromatic heterocycles. The summed E-state index contributed by atoms with van der Waals surface area (Å²) in [5.41, 5.74) is 1.08. The number of carbonyl (C=O) groups is 1. The van der Waals surface area contributed by atoms with Gasteiger partial charge in [0.25, 0.3) is 0 Å². The third-order valence-corrected chi connectivity index (χ3v) is 4.47. The molecule has 1 saturated heterocycles. The number of piperazine rings is 1. The predicted molar refractivity (Wildman–Crippen MR) is 106 cm³/mol. The maximum absolute atomic E-state index is 12.3. The monoisotopic (exact) mass is 368 g/mol.